The third kappa shape index (κ3) is 3.23. The van der Waals surface area contributed by atoms with Crippen molar-refractivity contribution in [1.82, 2.24) is 4.57 Å². The number of rotatable bonds is 3. The van der Waals surface area contributed by atoms with Gasteiger partial charge in [-0.15, -0.1) is 11.3 Å². The zero-order valence-corrected chi connectivity index (χ0v) is 16.6. The van der Waals surface area contributed by atoms with E-state index in [4.69, 9.17) is 11.5 Å². The van der Waals surface area contributed by atoms with E-state index in [1.165, 1.54) is 42.5 Å². The van der Waals surface area contributed by atoms with Crippen LogP contribution < -0.4 is 26.2 Å². The van der Waals surface area contributed by atoms with E-state index >= 15 is 0 Å². The third-order valence-corrected chi connectivity index (χ3v) is 6.05. The number of allylic oxidation sites excluding steroid dienone is 1. The van der Waals surface area contributed by atoms with Gasteiger partial charge in [-0.05, 0) is 18.2 Å². The number of nitrogens with zero attached hydrogens (tertiary/aromatic N) is 2. The van der Waals surface area contributed by atoms with Crippen molar-refractivity contribution in [2.45, 2.75) is 5.92 Å². The zero-order valence-electron chi connectivity index (χ0n) is 15.8. The van der Waals surface area contributed by atoms with Gasteiger partial charge in [0.2, 0.25) is 5.91 Å². The van der Waals surface area contributed by atoms with Gasteiger partial charge in [-0.25, -0.2) is 8.78 Å². The Hall–Kier alpha value is -4.03. The molecular formula is C22H14F2N4O2S. The van der Waals surface area contributed by atoms with E-state index in [2.05, 4.69) is 0 Å². The molecule has 0 radical (unpaired) electrons. The lowest BCUT2D eigenvalue weighted by molar-refractivity contribution is -0.113. The maximum atomic E-state index is 14.6. The molecule has 0 unspecified atom stereocenters. The lowest BCUT2D eigenvalue weighted by atomic mass is 9.83. The second-order valence-corrected chi connectivity index (χ2v) is 7.75. The van der Waals surface area contributed by atoms with Crippen LogP contribution in [0.3, 0.4) is 0 Å². The van der Waals surface area contributed by atoms with Crippen molar-refractivity contribution >= 4 is 34.7 Å². The molecule has 1 atom stereocenters. The summed E-state index contributed by atoms with van der Waals surface area (Å²) in [5, 5.41) is 9.73. The first-order valence-electron chi connectivity index (χ1n) is 9.01. The second-order valence-electron chi connectivity index (χ2n) is 6.72. The standard InChI is InChI=1S/C22H14F2N4O2S/c23-14-7-3-1-5-11(14)9-16-21(30)28-19(26)13(10-25)17(12-6-2-4-8-15(12)24)18(20(27)29)22(28)31-16/h1-9,17H,26H2,(H2,27,29)/b16-9-/t17-/m1/s1. The summed E-state index contributed by atoms with van der Waals surface area (Å²) in [6, 6.07) is 13.4. The third-order valence-electron chi connectivity index (χ3n) is 4.94. The van der Waals surface area contributed by atoms with Gasteiger partial charge in [0.25, 0.3) is 5.56 Å². The van der Waals surface area contributed by atoms with Crippen molar-refractivity contribution in [3.63, 3.8) is 0 Å². The van der Waals surface area contributed by atoms with Crippen LogP contribution in [-0.4, -0.2) is 10.5 Å². The number of primary amides is 1. The van der Waals surface area contributed by atoms with Gasteiger partial charge >= 0.3 is 0 Å². The summed E-state index contributed by atoms with van der Waals surface area (Å²) < 4.78 is 29.8. The predicted octanol–water partition coefficient (Wildman–Crippen LogP) is 1.10. The van der Waals surface area contributed by atoms with Crippen LogP contribution in [0.2, 0.25) is 0 Å². The van der Waals surface area contributed by atoms with Crippen LogP contribution in [0.5, 0.6) is 0 Å². The molecule has 6 nitrogen and oxygen atoms in total. The Morgan fingerprint density at radius 3 is 2.39 bits per heavy atom. The molecule has 0 saturated carbocycles. The highest BCUT2D eigenvalue weighted by atomic mass is 32.1. The lowest BCUT2D eigenvalue weighted by Gasteiger charge is -2.24. The minimum atomic E-state index is -1.18. The van der Waals surface area contributed by atoms with E-state index in [1.54, 1.807) is 12.1 Å². The van der Waals surface area contributed by atoms with Gasteiger partial charge in [0, 0.05) is 11.1 Å². The molecule has 1 aromatic heterocycles. The molecule has 1 aliphatic rings. The van der Waals surface area contributed by atoms with Crippen LogP contribution >= 0.6 is 11.3 Å². The van der Waals surface area contributed by atoms with E-state index in [0.717, 1.165) is 15.9 Å². The Morgan fingerprint density at radius 1 is 1.13 bits per heavy atom. The second kappa shape index (κ2) is 7.66. The van der Waals surface area contributed by atoms with Crippen LogP contribution in [0.15, 0.2) is 58.9 Å². The fourth-order valence-corrected chi connectivity index (χ4v) is 4.71. The van der Waals surface area contributed by atoms with Gasteiger partial charge in [-0.1, -0.05) is 36.4 Å². The summed E-state index contributed by atoms with van der Waals surface area (Å²) in [5.74, 6) is -3.53. The van der Waals surface area contributed by atoms with Crippen molar-refractivity contribution in [3.8, 4) is 6.07 Å². The lowest BCUT2D eigenvalue weighted by Crippen LogP contribution is -2.41. The number of amides is 1. The molecular weight excluding hydrogens is 422 g/mol. The average Bonchev–Trinajstić information content (AvgIpc) is 3.05. The Morgan fingerprint density at radius 2 is 1.77 bits per heavy atom. The van der Waals surface area contributed by atoms with Crippen LogP contribution in [0.4, 0.5) is 8.78 Å². The van der Waals surface area contributed by atoms with Crippen LogP contribution in [0.1, 0.15) is 17.0 Å². The number of fused-ring (bicyclic) bond motifs is 1. The van der Waals surface area contributed by atoms with E-state index in [-0.39, 0.29) is 37.3 Å². The number of halogens is 2. The number of carbonyl (C=O) groups excluding carboxylic acids is 1. The van der Waals surface area contributed by atoms with Crippen molar-refractivity contribution in [2.75, 3.05) is 0 Å². The SMILES string of the molecule is N#CC1=C(N)n2c(s/c(=C\c3ccccc3F)c2=O)=C(C(N)=O)[C@@H]1c1ccccc1F. The minimum absolute atomic E-state index is 0.0301. The van der Waals surface area contributed by atoms with Crippen molar-refractivity contribution in [3.05, 3.63) is 96.4 Å². The van der Waals surface area contributed by atoms with Crippen LogP contribution in [-0.2, 0) is 4.79 Å². The van der Waals surface area contributed by atoms with Crippen molar-refractivity contribution < 1.29 is 13.6 Å². The predicted molar refractivity (Wildman–Crippen MR) is 113 cm³/mol. The molecule has 0 spiro atoms. The average molecular weight is 436 g/mol. The largest absolute Gasteiger partial charge is 0.384 e. The van der Waals surface area contributed by atoms with Gasteiger partial charge in [-0.3, -0.25) is 14.2 Å². The molecule has 0 bridgehead atoms. The number of nitrogens with two attached hydrogens (primary N) is 2. The number of aromatic nitrogens is 1. The quantitative estimate of drug-likeness (QED) is 0.640. The van der Waals surface area contributed by atoms with Gasteiger partial charge in [0.1, 0.15) is 22.1 Å². The molecule has 0 fully saturated rings. The van der Waals surface area contributed by atoms with Gasteiger partial charge in [-0.2, -0.15) is 5.26 Å². The van der Waals surface area contributed by atoms with Gasteiger partial charge in [0.05, 0.1) is 27.7 Å². The molecule has 1 aliphatic heterocycles. The van der Waals surface area contributed by atoms with Crippen molar-refractivity contribution in [2.24, 2.45) is 11.5 Å². The van der Waals surface area contributed by atoms with E-state index in [1.807, 2.05) is 6.07 Å². The van der Waals surface area contributed by atoms with Gasteiger partial charge in [0.15, 0.2) is 0 Å². The molecule has 31 heavy (non-hydrogen) atoms. The minimum Gasteiger partial charge on any atom is -0.384 e. The maximum absolute atomic E-state index is 14.6. The van der Waals surface area contributed by atoms with Crippen molar-refractivity contribution in [1.29, 1.82) is 5.26 Å². The molecule has 0 aliphatic carbocycles. The Kier molecular flexibility index (Phi) is 5.01. The molecule has 154 valence electrons. The molecule has 3 aromatic rings. The Balaban J connectivity index is 2.13. The zero-order chi connectivity index (χ0) is 22.3. The number of nitriles is 1. The van der Waals surface area contributed by atoms with E-state index in [0.29, 0.717) is 0 Å². The summed E-state index contributed by atoms with van der Waals surface area (Å²) in [6.07, 6.45) is 1.32. The summed E-state index contributed by atoms with van der Waals surface area (Å²) in [7, 11) is 0. The number of hydrogen-bond acceptors (Lipinski definition) is 5. The summed E-state index contributed by atoms with van der Waals surface area (Å²) in [6.45, 7) is 0. The Bertz CT molecular complexity index is 1490. The molecule has 1 amide bonds. The van der Waals surface area contributed by atoms with Crippen LogP contribution in [0, 0.1) is 23.0 Å². The Labute approximate surface area is 178 Å². The first-order valence-corrected chi connectivity index (χ1v) is 9.83. The maximum Gasteiger partial charge on any atom is 0.274 e. The summed E-state index contributed by atoms with van der Waals surface area (Å²) >= 11 is 0.867. The van der Waals surface area contributed by atoms with Gasteiger partial charge < -0.3 is 11.5 Å². The molecule has 4 N–H and O–H groups in total. The smallest absolute Gasteiger partial charge is 0.274 e. The van der Waals surface area contributed by atoms with E-state index in [9.17, 15) is 23.6 Å². The molecule has 9 heteroatoms. The normalized spacial score (nSPS) is 16.2. The van der Waals surface area contributed by atoms with E-state index < -0.39 is 29.0 Å². The topological polar surface area (TPSA) is 115 Å². The highest BCUT2D eigenvalue weighted by molar-refractivity contribution is 7.07. The first kappa shape index (κ1) is 20.3. The first-order chi connectivity index (χ1) is 14.8. The molecule has 2 heterocycles. The van der Waals surface area contributed by atoms with Crippen LogP contribution in [0.25, 0.3) is 17.5 Å². The highest BCUT2D eigenvalue weighted by Crippen LogP contribution is 2.36. The summed E-state index contributed by atoms with van der Waals surface area (Å²) in [5.41, 5.74) is 11.0. The fourth-order valence-electron chi connectivity index (χ4n) is 3.54. The number of thiazole rings is 1. The fraction of sp³-hybridized carbons (Fsp3) is 0.0455. The number of carbonyl (C=O) groups is 1. The number of benzene rings is 2. The molecule has 2 aromatic carbocycles. The summed E-state index contributed by atoms with van der Waals surface area (Å²) in [4.78, 5) is 25.5. The number of hydrogen-bond donors (Lipinski definition) is 2. The molecule has 4 rings (SSSR count). The molecule has 0 saturated heterocycles. The highest BCUT2D eigenvalue weighted by Gasteiger charge is 2.35. The monoisotopic (exact) mass is 436 g/mol.